The van der Waals surface area contributed by atoms with Crippen LogP contribution in [0.3, 0.4) is 0 Å². The van der Waals surface area contributed by atoms with Crippen molar-refractivity contribution in [1.29, 1.82) is 0 Å². The Bertz CT molecular complexity index is 1340. The number of carbonyl (C=O) groups excluding carboxylic acids is 2. The summed E-state index contributed by atoms with van der Waals surface area (Å²) in [6.07, 6.45) is 3.99. The fourth-order valence-corrected chi connectivity index (χ4v) is 4.99. The van der Waals surface area contributed by atoms with E-state index in [1.807, 2.05) is 4.90 Å². The average Bonchev–Trinajstić information content (AvgIpc) is 3.58. The van der Waals surface area contributed by atoms with Gasteiger partial charge in [-0.1, -0.05) is 17.7 Å². The Morgan fingerprint density at radius 1 is 1.03 bits per heavy atom. The Balaban J connectivity index is 1.29. The SMILES string of the molecule is C[C@@H](NC(=O)C(=O)c1ccc(Oc2ccc(F)cc2)cc1)[C@](O)(c1ccc(OC2CC2)c(Cl)c1)N1CCCC1. The third-order valence-electron chi connectivity index (χ3n) is 7.09. The molecular weight excluding hydrogens is 523 g/mol. The summed E-state index contributed by atoms with van der Waals surface area (Å²) in [6.45, 7) is 2.95. The number of nitrogens with zero attached hydrogens (tertiary/aromatic N) is 1. The van der Waals surface area contributed by atoms with Crippen LogP contribution in [0.15, 0.2) is 66.7 Å². The Hall–Kier alpha value is -3.46. The third-order valence-corrected chi connectivity index (χ3v) is 7.38. The molecule has 3 aromatic carbocycles. The molecule has 5 rings (SSSR count). The topological polar surface area (TPSA) is 88.1 Å². The molecule has 0 radical (unpaired) electrons. The van der Waals surface area contributed by atoms with E-state index in [1.165, 1.54) is 36.4 Å². The van der Waals surface area contributed by atoms with Crippen LogP contribution < -0.4 is 14.8 Å². The summed E-state index contributed by atoms with van der Waals surface area (Å²) >= 11 is 6.50. The largest absolute Gasteiger partial charge is 0.489 e. The highest BCUT2D eigenvalue weighted by Gasteiger charge is 2.44. The minimum atomic E-state index is -1.58. The van der Waals surface area contributed by atoms with Gasteiger partial charge in [-0.05, 0) is 93.3 Å². The highest BCUT2D eigenvalue weighted by molar-refractivity contribution is 6.42. The molecule has 2 aliphatic rings. The Labute approximate surface area is 231 Å². The molecule has 9 heteroatoms. The van der Waals surface area contributed by atoms with E-state index in [1.54, 1.807) is 37.3 Å². The third kappa shape index (κ3) is 6.08. The van der Waals surface area contributed by atoms with Crippen LogP contribution in [0.25, 0.3) is 0 Å². The fraction of sp³-hybridized carbons (Fsp3) is 0.333. The summed E-state index contributed by atoms with van der Waals surface area (Å²) in [5.74, 6) is -0.526. The molecule has 39 heavy (non-hydrogen) atoms. The molecule has 3 aromatic rings. The van der Waals surface area contributed by atoms with E-state index in [9.17, 15) is 19.1 Å². The van der Waals surface area contributed by atoms with Crippen molar-refractivity contribution in [2.45, 2.75) is 50.5 Å². The lowest BCUT2D eigenvalue weighted by Gasteiger charge is -2.42. The van der Waals surface area contributed by atoms with E-state index in [4.69, 9.17) is 21.1 Å². The molecule has 1 saturated heterocycles. The lowest BCUT2D eigenvalue weighted by atomic mass is 9.93. The first kappa shape index (κ1) is 27.1. The van der Waals surface area contributed by atoms with Crippen molar-refractivity contribution < 1.29 is 28.6 Å². The number of rotatable bonds is 10. The molecule has 2 N–H and O–H groups in total. The number of nitrogens with one attached hydrogen (secondary N) is 1. The number of aliphatic hydroxyl groups is 1. The van der Waals surface area contributed by atoms with Crippen LogP contribution in [0.5, 0.6) is 17.2 Å². The Morgan fingerprint density at radius 2 is 1.64 bits per heavy atom. The van der Waals surface area contributed by atoms with Gasteiger partial charge in [0, 0.05) is 24.2 Å². The van der Waals surface area contributed by atoms with Crippen molar-refractivity contribution in [3.8, 4) is 17.2 Å². The van der Waals surface area contributed by atoms with Gasteiger partial charge in [-0.3, -0.25) is 14.5 Å². The number of hydrogen-bond donors (Lipinski definition) is 2. The van der Waals surface area contributed by atoms with E-state index < -0.39 is 23.5 Å². The molecule has 0 unspecified atom stereocenters. The van der Waals surface area contributed by atoms with Crippen molar-refractivity contribution in [2.24, 2.45) is 0 Å². The van der Waals surface area contributed by atoms with Gasteiger partial charge < -0.3 is 19.9 Å². The van der Waals surface area contributed by atoms with Gasteiger partial charge in [0.1, 0.15) is 23.1 Å². The second-order valence-corrected chi connectivity index (χ2v) is 10.4. The van der Waals surface area contributed by atoms with Crippen molar-refractivity contribution in [3.05, 3.63) is 88.7 Å². The van der Waals surface area contributed by atoms with Gasteiger partial charge in [0.2, 0.25) is 5.78 Å². The average molecular weight is 553 g/mol. The van der Waals surface area contributed by atoms with Gasteiger partial charge in [0.05, 0.1) is 17.2 Å². The first-order valence-electron chi connectivity index (χ1n) is 13.1. The molecule has 0 spiro atoms. The van der Waals surface area contributed by atoms with Crippen molar-refractivity contribution >= 4 is 23.3 Å². The zero-order valence-corrected chi connectivity index (χ0v) is 22.3. The van der Waals surface area contributed by atoms with Gasteiger partial charge in [0.15, 0.2) is 5.72 Å². The number of benzene rings is 3. The molecule has 1 heterocycles. The van der Waals surface area contributed by atoms with Gasteiger partial charge in [-0.25, -0.2) is 4.39 Å². The van der Waals surface area contributed by atoms with Gasteiger partial charge in [-0.15, -0.1) is 0 Å². The Morgan fingerprint density at radius 3 is 2.23 bits per heavy atom. The summed E-state index contributed by atoms with van der Waals surface area (Å²) in [7, 11) is 0. The number of halogens is 2. The normalized spacial score (nSPS) is 17.7. The predicted octanol–water partition coefficient (Wildman–Crippen LogP) is 5.44. The number of hydrogen-bond acceptors (Lipinski definition) is 6. The standard InChI is InChI=1S/C30H30ClFN2O5/c1-19(30(37,34-16-2-3-17-34)21-6-15-27(26(31)18-21)39-25-13-14-25)33-29(36)28(35)20-4-9-23(10-5-20)38-24-11-7-22(32)8-12-24/h4-12,15,18-19,25,37H,2-3,13-14,16-17H2,1H3,(H,33,36)/t19-,30+/m1/s1. The van der Waals surface area contributed by atoms with Crippen LogP contribution in [0, 0.1) is 5.82 Å². The van der Waals surface area contributed by atoms with E-state index >= 15 is 0 Å². The molecular formula is C30H30ClFN2O5. The second-order valence-electron chi connectivity index (χ2n) is 9.99. The maximum atomic E-state index is 13.1. The van der Waals surface area contributed by atoms with Gasteiger partial charge in [-0.2, -0.15) is 0 Å². The van der Waals surface area contributed by atoms with E-state index in [2.05, 4.69) is 5.32 Å². The lowest BCUT2D eigenvalue weighted by molar-refractivity contribution is -0.139. The minimum Gasteiger partial charge on any atom is -0.489 e. The molecule has 1 aliphatic carbocycles. The van der Waals surface area contributed by atoms with Crippen molar-refractivity contribution in [3.63, 3.8) is 0 Å². The fourth-order valence-electron chi connectivity index (χ4n) is 4.76. The lowest BCUT2D eigenvalue weighted by Crippen LogP contribution is -2.59. The number of ketones is 1. The molecule has 1 saturated carbocycles. The van der Waals surface area contributed by atoms with E-state index in [0.29, 0.717) is 40.9 Å². The molecule has 7 nitrogen and oxygen atoms in total. The molecule has 0 bridgehead atoms. The summed E-state index contributed by atoms with van der Waals surface area (Å²) in [4.78, 5) is 27.9. The minimum absolute atomic E-state index is 0.167. The highest BCUT2D eigenvalue weighted by Crippen LogP contribution is 2.38. The quantitative estimate of drug-likeness (QED) is 0.257. The van der Waals surface area contributed by atoms with Crippen LogP contribution >= 0.6 is 11.6 Å². The monoisotopic (exact) mass is 552 g/mol. The number of ether oxygens (including phenoxy) is 2. The number of carbonyl (C=O) groups is 2. The van der Waals surface area contributed by atoms with Crippen LogP contribution in [-0.4, -0.2) is 46.9 Å². The van der Waals surface area contributed by atoms with Crippen LogP contribution in [0.4, 0.5) is 4.39 Å². The molecule has 1 amide bonds. The number of Topliss-reactive ketones (excluding diaryl/α,β-unsaturated/α-hetero) is 1. The van der Waals surface area contributed by atoms with Crippen molar-refractivity contribution in [1.82, 2.24) is 10.2 Å². The first-order valence-corrected chi connectivity index (χ1v) is 13.4. The Kier molecular flexibility index (Phi) is 7.88. The zero-order chi connectivity index (χ0) is 27.6. The summed E-state index contributed by atoms with van der Waals surface area (Å²) < 4.78 is 24.6. The van der Waals surface area contributed by atoms with Crippen LogP contribution in [0.1, 0.15) is 48.5 Å². The van der Waals surface area contributed by atoms with Gasteiger partial charge in [0.25, 0.3) is 5.91 Å². The van der Waals surface area contributed by atoms with Crippen molar-refractivity contribution in [2.75, 3.05) is 13.1 Å². The summed E-state index contributed by atoms with van der Waals surface area (Å²) in [5, 5.41) is 15.1. The van der Waals surface area contributed by atoms with Crippen LogP contribution in [-0.2, 0) is 10.5 Å². The zero-order valence-electron chi connectivity index (χ0n) is 21.5. The van der Waals surface area contributed by atoms with E-state index in [-0.39, 0.29) is 17.5 Å². The highest BCUT2D eigenvalue weighted by atomic mass is 35.5. The smallest absolute Gasteiger partial charge is 0.292 e. The molecule has 204 valence electrons. The summed E-state index contributed by atoms with van der Waals surface area (Å²) in [6, 6.07) is 16.0. The van der Waals surface area contributed by atoms with Crippen LogP contribution in [0.2, 0.25) is 5.02 Å². The summed E-state index contributed by atoms with van der Waals surface area (Å²) in [5.41, 5.74) is -0.901. The van der Waals surface area contributed by atoms with E-state index in [0.717, 1.165) is 25.7 Å². The maximum absolute atomic E-state index is 13.1. The number of likely N-dealkylation sites (tertiary alicyclic amines) is 1. The predicted molar refractivity (Wildman–Crippen MR) is 145 cm³/mol. The van der Waals surface area contributed by atoms with Gasteiger partial charge >= 0.3 is 0 Å². The molecule has 2 fully saturated rings. The second kappa shape index (κ2) is 11.3. The first-order chi connectivity index (χ1) is 18.7. The molecule has 0 aromatic heterocycles. The molecule has 1 aliphatic heterocycles. The maximum Gasteiger partial charge on any atom is 0.292 e. The molecule has 2 atom stereocenters. The number of amides is 1.